The van der Waals surface area contributed by atoms with E-state index in [1.54, 1.807) is 29.2 Å². The van der Waals surface area contributed by atoms with E-state index >= 15 is 0 Å². The molecule has 3 amide bonds. The first-order valence-electron chi connectivity index (χ1n) is 13.6. The first-order valence-corrected chi connectivity index (χ1v) is 13.6. The maximum atomic E-state index is 13.2. The second kappa shape index (κ2) is 9.89. The van der Waals surface area contributed by atoms with Crippen molar-refractivity contribution in [1.82, 2.24) is 14.4 Å². The average Bonchev–Trinajstić information content (AvgIpc) is 3.34. The van der Waals surface area contributed by atoms with E-state index in [9.17, 15) is 14.4 Å². The Morgan fingerprint density at radius 1 is 0.974 bits per heavy atom. The maximum Gasteiger partial charge on any atom is 0.410 e. The number of imidazole rings is 1. The molecular weight excluding hydrogens is 480 g/mol. The number of fused-ring (bicyclic) bond motifs is 2. The molecule has 0 bridgehead atoms. The summed E-state index contributed by atoms with van der Waals surface area (Å²) in [6.45, 7) is 12.8. The van der Waals surface area contributed by atoms with E-state index in [0.717, 1.165) is 42.8 Å². The molecule has 0 atom stereocenters. The lowest BCUT2D eigenvalue weighted by molar-refractivity contribution is -0.677. The topological polar surface area (TPSA) is 75.7 Å². The number of amides is 3. The van der Waals surface area contributed by atoms with Crippen LogP contribution in [0.3, 0.4) is 0 Å². The van der Waals surface area contributed by atoms with Gasteiger partial charge in [-0.2, -0.15) is 0 Å². The molecule has 8 heteroatoms. The van der Waals surface area contributed by atoms with Crippen LogP contribution < -0.4 is 4.57 Å². The third-order valence-electron chi connectivity index (χ3n) is 7.63. The fourth-order valence-electron chi connectivity index (χ4n) is 5.89. The van der Waals surface area contributed by atoms with Gasteiger partial charge in [-0.15, -0.1) is 0 Å². The van der Waals surface area contributed by atoms with Crippen molar-refractivity contribution in [2.24, 2.45) is 0 Å². The number of carbonyl (C=O) groups excluding carboxylic acids is 3. The van der Waals surface area contributed by atoms with Crippen molar-refractivity contribution >= 4 is 28.9 Å². The Kier molecular flexibility index (Phi) is 6.75. The lowest BCUT2D eigenvalue weighted by Gasteiger charge is -2.33. The number of hydrogen-bond donors (Lipinski definition) is 0. The van der Waals surface area contributed by atoms with Crippen LogP contribution in [0.25, 0.3) is 11.0 Å². The summed E-state index contributed by atoms with van der Waals surface area (Å²) in [6, 6.07) is 13.4. The highest BCUT2D eigenvalue weighted by Crippen LogP contribution is 2.34. The third kappa shape index (κ3) is 4.46. The molecule has 0 aliphatic carbocycles. The van der Waals surface area contributed by atoms with Gasteiger partial charge in [-0.05, 0) is 71.6 Å². The van der Waals surface area contributed by atoms with Gasteiger partial charge in [-0.25, -0.2) is 13.9 Å². The molecule has 1 saturated heterocycles. The number of nitrogens with zero attached hydrogens (tertiary/aromatic N) is 4. The van der Waals surface area contributed by atoms with Crippen LogP contribution in [0, 0.1) is 0 Å². The summed E-state index contributed by atoms with van der Waals surface area (Å²) in [6.07, 6.45) is 1.46. The minimum absolute atomic E-state index is 0.221. The van der Waals surface area contributed by atoms with Crippen LogP contribution in [0.15, 0.2) is 42.5 Å². The van der Waals surface area contributed by atoms with E-state index < -0.39 is 5.60 Å². The fraction of sp³-hybridized carbons (Fsp3) is 0.467. The summed E-state index contributed by atoms with van der Waals surface area (Å²) in [5.74, 6) is 0.764. The van der Waals surface area contributed by atoms with Crippen molar-refractivity contribution in [3.63, 3.8) is 0 Å². The zero-order valence-corrected chi connectivity index (χ0v) is 23.0. The number of piperidine rings is 1. The second-order valence-corrected chi connectivity index (χ2v) is 11.1. The van der Waals surface area contributed by atoms with Crippen molar-refractivity contribution in [1.29, 1.82) is 0 Å². The van der Waals surface area contributed by atoms with Gasteiger partial charge in [-0.3, -0.25) is 14.5 Å². The molecule has 0 unspecified atom stereocenters. The first-order chi connectivity index (χ1) is 18.1. The van der Waals surface area contributed by atoms with E-state index in [2.05, 4.69) is 41.2 Å². The van der Waals surface area contributed by atoms with Gasteiger partial charge in [0.1, 0.15) is 12.1 Å². The zero-order chi connectivity index (χ0) is 27.2. The molecule has 0 radical (unpaired) electrons. The van der Waals surface area contributed by atoms with Crippen LogP contribution >= 0.6 is 0 Å². The highest BCUT2D eigenvalue weighted by atomic mass is 16.6. The van der Waals surface area contributed by atoms with Gasteiger partial charge < -0.3 is 9.64 Å². The molecule has 2 aliphatic heterocycles. The van der Waals surface area contributed by atoms with Crippen molar-refractivity contribution in [2.45, 2.75) is 78.6 Å². The zero-order valence-electron chi connectivity index (χ0n) is 23.0. The van der Waals surface area contributed by atoms with Gasteiger partial charge in [0, 0.05) is 18.7 Å². The Morgan fingerprint density at radius 3 is 2.16 bits per heavy atom. The van der Waals surface area contributed by atoms with Gasteiger partial charge in [0.25, 0.3) is 17.6 Å². The van der Waals surface area contributed by atoms with Gasteiger partial charge >= 0.3 is 6.09 Å². The number of aromatic nitrogens is 2. The second-order valence-electron chi connectivity index (χ2n) is 11.1. The third-order valence-corrected chi connectivity index (χ3v) is 7.63. The summed E-state index contributed by atoms with van der Waals surface area (Å²) < 4.78 is 10.1. The first kappa shape index (κ1) is 25.9. The van der Waals surface area contributed by atoms with Crippen molar-refractivity contribution in [3.8, 4) is 0 Å². The predicted octanol–water partition coefficient (Wildman–Crippen LogP) is 4.88. The number of imide groups is 1. The lowest BCUT2D eigenvalue weighted by atomic mass is 9.88. The number of benzene rings is 2. The summed E-state index contributed by atoms with van der Waals surface area (Å²) in [5, 5.41) is 0. The number of para-hydroxylation sites is 1. The quantitative estimate of drug-likeness (QED) is 0.357. The molecule has 1 fully saturated rings. The largest absolute Gasteiger partial charge is 0.444 e. The standard InChI is InChI=1S/C30H37N4O4/c1-6-32-24-14-10-13-21(20-15-17-31(18-16-20)29(37)38-30(3,4)5)26(24)33(7-2)25(32)19-34-27(35)22-11-8-9-12-23(22)28(34)36/h8-14,20H,6-7,15-19H2,1-5H3/q+1. The van der Waals surface area contributed by atoms with E-state index in [1.165, 1.54) is 10.5 Å². The average molecular weight is 518 g/mol. The molecular formula is C30H37N4O4+. The Morgan fingerprint density at radius 2 is 1.61 bits per heavy atom. The van der Waals surface area contributed by atoms with Gasteiger partial charge in [0.05, 0.1) is 24.2 Å². The number of carbonyl (C=O) groups is 3. The number of likely N-dealkylation sites (tertiary alicyclic amines) is 1. The number of rotatable bonds is 5. The molecule has 2 aliphatic rings. The summed E-state index contributed by atoms with van der Waals surface area (Å²) >= 11 is 0. The summed E-state index contributed by atoms with van der Waals surface area (Å²) in [5.41, 5.74) is 3.94. The van der Waals surface area contributed by atoms with Crippen LogP contribution in [0.4, 0.5) is 4.79 Å². The van der Waals surface area contributed by atoms with Crippen molar-refractivity contribution < 1.29 is 23.7 Å². The van der Waals surface area contributed by atoms with E-state index in [4.69, 9.17) is 4.74 Å². The molecule has 3 heterocycles. The lowest BCUT2D eigenvalue weighted by Crippen LogP contribution is -2.43. The molecule has 38 heavy (non-hydrogen) atoms. The molecule has 0 spiro atoms. The van der Waals surface area contributed by atoms with Gasteiger partial charge in [0.2, 0.25) is 0 Å². The molecule has 8 nitrogen and oxygen atoms in total. The number of aryl methyl sites for hydroxylation is 2. The Labute approximate surface area is 223 Å². The monoisotopic (exact) mass is 517 g/mol. The highest BCUT2D eigenvalue weighted by Gasteiger charge is 2.39. The molecule has 0 N–H and O–H groups in total. The van der Waals surface area contributed by atoms with Crippen molar-refractivity contribution in [2.75, 3.05) is 13.1 Å². The highest BCUT2D eigenvalue weighted by molar-refractivity contribution is 6.21. The van der Waals surface area contributed by atoms with E-state index in [0.29, 0.717) is 30.1 Å². The van der Waals surface area contributed by atoms with E-state index in [-0.39, 0.29) is 24.5 Å². The van der Waals surface area contributed by atoms with Gasteiger partial charge in [0.15, 0.2) is 11.0 Å². The molecule has 200 valence electrons. The minimum atomic E-state index is -0.509. The molecule has 1 aromatic heterocycles. The maximum absolute atomic E-state index is 13.2. The van der Waals surface area contributed by atoms with E-state index in [1.807, 2.05) is 20.8 Å². The smallest absolute Gasteiger partial charge is 0.410 e. The molecule has 0 saturated carbocycles. The molecule has 3 aromatic rings. The predicted molar refractivity (Wildman–Crippen MR) is 144 cm³/mol. The number of hydrogen-bond acceptors (Lipinski definition) is 4. The van der Waals surface area contributed by atoms with Crippen LogP contribution in [0.5, 0.6) is 0 Å². The Bertz CT molecular complexity index is 1370. The van der Waals surface area contributed by atoms with Gasteiger partial charge in [-0.1, -0.05) is 24.3 Å². The Hall–Kier alpha value is -3.68. The van der Waals surface area contributed by atoms with Crippen LogP contribution in [-0.2, 0) is 24.4 Å². The van der Waals surface area contributed by atoms with Crippen LogP contribution in [0.1, 0.15) is 85.5 Å². The number of ether oxygens (including phenoxy) is 1. The van der Waals surface area contributed by atoms with Crippen LogP contribution in [-0.4, -0.2) is 51.0 Å². The SMILES string of the molecule is CCn1c(CN2C(=O)c3ccccc3C2=O)[n+](CC)c2c(C3CCN(C(=O)OC(C)(C)C)CC3)cccc21. The normalized spacial score (nSPS) is 16.4. The summed E-state index contributed by atoms with van der Waals surface area (Å²) in [4.78, 5) is 42.1. The molecule has 5 rings (SSSR count). The minimum Gasteiger partial charge on any atom is -0.444 e. The summed E-state index contributed by atoms with van der Waals surface area (Å²) in [7, 11) is 0. The van der Waals surface area contributed by atoms with Crippen molar-refractivity contribution in [3.05, 3.63) is 65.0 Å². The van der Waals surface area contributed by atoms with Crippen LogP contribution in [0.2, 0.25) is 0 Å². The Balaban J connectivity index is 1.47. The fourth-order valence-corrected chi connectivity index (χ4v) is 5.89. The molecule has 2 aromatic carbocycles.